The van der Waals surface area contributed by atoms with Crippen LogP contribution in [0.15, 0.2) is 40.6 Å². The average molecular weight is 360 g/mol. The summed E-state index contributed by atoms with van der Waals surface area (Å²) in [6.07, 6.45) is 8.12. The van der Waals surface area contributed by atoms with Crippen molar-refractivity contribution in [2.75, 3.05) is 5.75 Å². The second-order valence-electron chi connectivity index (χ2n) is 6.41. The standard InChI is InChI=1S/C18H24N4O2S/c1-3-10-22-17(15-9-6-11-24-15)20-21-18(22)25-12-16(23)19-14-8-5-4-7-13(14)2/h3,6,9,11,13-14H,1,4-5,7-8,10,12H2,2H3,(H,19,23)/t13-,14+/m1/s1. The number of rotatable bonds is 7. The van der Waals surface area contributed by atoms with E-state index in [1.165, 1.54) is 31.0 Å². The highest BCUT2D eigenvalue weighted by molar-refractivity contribution is 7.99. The van der Waals surface area contributed by atoms with Crippen molar-refractivity contribution in [1.29, 1.82) is 0 Å². The number of nitrogens with zero attached hydrogens (tertiary/aromatic N) is 3. The molecule has 1 fully saturated rings. The molecule has 1 saturated carbocycles. The van der Waals surface area contributed by atoms with E-state index in [4.69, 9.17) is 4.42 Å². The van der Waals surface area contributed by atoms with Crippen LogP contribution >= 0.6 is 11.8 Å². The molecule has 1 aliphatic carbocycles. The van der Waals surface area contributed by atoms with E-state index in [9.17, 15) is 4.79 Å². The lowest BCUT2D eigenvalue weighted by atomic mass is 9.86. The van der Waals surface area contributed by atoms with E-state index >= 15 is 0 Å². The van der Waals surface area contributed by atoms with Crippen molar-refractivity contribution in [3.63, 3.8) is 0 Å². The highest BCUT2D eigenvalue weighted by Gasteiger charge is 2.23. The number of nitrogens with one attached hydrogen (secondary N) is 1. The van der Waals surface area contributed by atoms with E-state index in [1.54, 1.807) is 12.3 Å². The zero-order valence-corrected chi connectivity index (χ0v) is 15.3. The van der Waals surface area contributed by atoms with Gasteiger partial charge in [0.05, 0.1) is 12.0 Å². The van der Waals surface area contributed by atoms with Crippen molar-refractivity contribution >= 4 is 17.7 Å². The van der Waals surface area contributed by atoms with E-state index in [2.05, 4.69) is 29.0 Å². The van der Waals surface area contributed by atoms with Crippen LogP contribution in [0.25, 0.3) is 11.6 Å². The summed E-state index contributed by atoms with van der Waals surface area (Å²) in [7, 11) is 0. The fourth-order valence-electron chi connectivity index (χ4n) is 3.19. The molecule has 134 valence electrons. The van der Waals surface area contributed by atoms with E-state index in [0.717, 1.165) is 6.42 Å². The van der Waals surface area contributed by atoms with Crippen LogP contribution in [0, 0.1) is 5.92 Å². The number of amides is 1. The van der Waals surface area contributed by atoms with Crippen molar-refractivity contribution in [1.82, 2.24) is 20.1 Å². The quantitative estimate of drug-likeness (QED) is 0.604. The number of carbonyl (C=O) groups is 1. The first kappa shape index (κ1) is 17.8. The minimum Gasteiger partial charge on any atom is -0.461 e. The summed E-state index contributed by atoms with van der Waals surface area (Å²) >= 11 is 1.39. The number of carbonyl (C=O) groups excluding carboxylic acids is 1. The molecule has 0 saturated heterocycles. The number of furan rings is 1. The van der Waals surface area contributed by atoms with Crippen LogP contribution in [0.4, 0.5) is 0 Å². The normalized spacial score (nSPS) is 20.4. The first-order valence-corrected chi connectivity index (χ1v) is 9.67. The lowest BCUT2D eigenvalue weighted by Gasteiger charge is -2.29. The van der Waals surface area contributed by atoms with Gasteiger partial charge in [0.2, 0.25) is 11.7 Å². The highest BCUT2D eigenvalue weighted by atomic mass is 32.2. The van der Waals surface area contributed by atoms with Crippen LogP contribution in [-0.2, 0) is 11.3 Å². The minimum absolute atomic E-state index is 0.0523. The number of hydrogen-bond donors (Lipinski definition) is 1. The lowest BCUT2D eigenvalue weighted by molar-refractivity contribution is -0.119. The molecule has 0 aliphatic heterocycles. The Morgan fingerprint density at radius 3 is 3.04 bits per heavy atom. The van der Waals surface area contributed by atoms with Gasteiger partial charge < -0.3 is 9.73 Å². The molecular formula is C18H24N4O2S. The van der Waals surface area contributed by atoms with Gasteiger partial charge in [-0.3, -0.25) is 9.36 Å². The molecule has 1 N–H and O–H groups in total. The fraction of sp³-hybridized carbons (Fsp3) is 0.500. The van der Waals surface area contributed by atoms with Gasteiger partial charge in [-0.1, -0.05) is 37.6 Å². The Hall–Kier alpha value is -2.02. The second-order valence-corrected chi connectivity index (χ2v) is 7.35. The van der Waals surface area contributed by atoms with Crippen LogP contribution in [-0.4, -0.2) is 32.5 Å². The third-order valence-corrected chi connectivity index (χ3v) is 5.53. The van der Waals surface area contributed by atoms with Gasteiger partial charge in [0.25, 0.3) is 0 Å². The monoisotopic (exact) mass is 360 g/mol. The third kappa shape index (κ3) is 4.34. The maximum absolute atomic E-state index is 12.3. The zero-order chi connectivity index (χ0) is 17.6. The predicted octanol–water partition coefficient (Wildman–Crippen LogP) is 3.51. The van der Waals surface area contributed by atoms with E-state index < -0.39 is 0 Å². The van der Waals surface area contributed by atoms with E-state index in [-0.39, 0.29) is 5.91 Å². The molecule has 0 bridgehead atoms. The number of hydrogen-bond acceptors (Lipinski definition) is 5. The topological polar surface area (TPSA) is 73.0 Å². The number of aromatic nitrogens is 3. The first-order chi connectivity index (χ1) is 12.2. The molecule has 1 amide bonds. The summed E-state index contributed by atoms with van der Waals surface area (Å²) in [5, 5.41) is 12.3. The first-order valence-electron chi connectivity index (χ1n) is 8.69. The van der Waals surface area contributed by atoms with Gasteiger partial charge in [-0.15, -0.1) is 16.8 Å². The van der Waals surface area contributed by atoms with Gasteiger partial charge in [0.15, 0.2) is 10.9 Å². The van der Waals surface area contributed by atoms with Gasteiger partial charge in [0, 0.05) is 12.6 Å². The molecule has 1 aliphatic rings. The summed E-state index contributed by atoms with van der Waals surface area (Å²) in [5.74, 6) is 2.24. The summed E-state index contributed by atoms with van der Waals surface area (Å²) in [6.45, 7) is 6.56. The van der Waals surface area contributed by atoms with Gasteiger partial charge in [-0.2, -0.15) is 0 Å². The van der Waals surface area contributed by atoms with Crippen molar-refractivity contribution < 1.29 is 9.21 Å². The molecule has 0 aromatic carbocycles. The number of allylic oxidation sites excluding steroid dienone is 1. The summed E-state index contributed by atoms with van der Waals surface area (Å²) in [6, 6.07) is 3.95. The van der Waals surface area contributed by atoms with E-state index in [0.29, 0.717) is 41.0 Å². The van der Waals surface area contributed by atoms with Crippen molar-refractivity contribution in [2.24, 2.45) is 5.92 Å². The maximum Gasteiger partial charge on any atom is 0.230 e. The molecule has 2 aromatic heterocycles. The predicted molar refractivity (Wildman–Crippen MR) is 98.2 cm³/mol. The van der Waals surface area contributed by atoms with Gasteiger partial charge in [0.1, 0.15) is 0 Å². The largest absolute Gasteiger partial charge is 0.461 e. The Morgan fingerprint density at radius 2 is 2.32 bits per heavy atom. The lowest BCUT2D eigenvalue weighted by Crippen LogP contribution is -2.41. The van der Waals surface area contributed by atoms with Crippen LogP contribution in [0.3, 0.4) is 0 Å². The molecule has 2 heterocycles. The molecule has 2 atom stereocenters. The Kier molecular flexibility index (Phi) is 5.96. The Bertz CT molecular complexity index is 711. The van der Waals surface area contributed by atoms with Crippen molar-refractivity contribution in [2.45, 2.75) is 50.4 Å². The second kappa shape index (κ2) is 8.38. The fourth-order valence-corrected chi connectivity index (χ4v) is 3.95. The van der Waals surface area contributed by atoms with Gasteiger partial charge >= 0.3 is 0 Å². The smallest absolute Gasteiger partial charge is 0.230 e. The summed E-state index contributed by atoms with van der Waals surface area (Å²) < 4.78 is 7.32. The Balaban J connectivity index is 1.62. The highest BCUT2D eigenvalue weighted by Crippen LogP contribution is 2.26. The third-order valence-electron chi connectivity index (χ3n) is 4.56. The van der Waals surface area contributed by atoms with Crippen LogP contribution in [0.5, 0.6) is 0 Å². The molecule has 2 aromatic rings. The Labute approximate surface area is 152 Å². The molecule has 25 heavy (non-hydrogen) atoms. The van der Waals surface area contributed by atoms with Crippen molar-refractivity contribution in [3.8, 4) is 11.6 Å². The zero-order valence-electron chi connectivity index (χ0n) is 14.5. The minimum atomic E-state index is 0.0523. The van der Waals surface area contributed by atoms with Crippen LogP contribution in [0.1, 0.15) is 32.6 Å². The number of thioether (sulfide) groups is 1. The Morgan fingerprint density at radius 1 is 1.48 bits per heavy atom. The SMILES string of the molecule is C=CCn1c(SCC(=O)N[C@H]2CCCC[C@H]2C)nnc1-c1ccco1. The van der Waals surface area contributed by atoms with Gasteiger partial charge in [-0.05, 0) is 30.9 Å². The molecule has 3 rings (SSSR count). The van der Waals surface area contributed by atoms with Gasteiger partial charge in [-0.25, -0.2) is 0 Å². The van der Waals surface area contributed by atoms with Crippen LogP contribution < -0.4 is 5.32 Å². The van der Waals surface area contributed by atoms with E-state index in [1.807, 2.05) is 16.7 Å². The van der Waals surface area contributed by atoms with Crippen molar-refractivity contribution in [3.05, 3.63) is 31.1 Å². The molecular weight excluding hydrogens is 336 g/mol. The molecule has 0 spiro atoms. The molecule has 6 nitrogen and oxygen atoms in total. The summed E-state index contributed by atoms with van der Waals surface area (Å²) in [4.78, 5) is 12.3. The molecule has 0 unspecified atom stereocenters. The maximum atomic E-state index is 12.3. The van der Waals surface area contributed by atoms with Crippen LogP contribution in [0.2, 0.25) is 0 Å². The molecule has 0 radical (unpaired) electrons. The molecule has 7 heteroatoms. The summed E-state index contributed by atoms with van der Waals surface area (Å²) in [5.41, 5.74) is 0. The average Bonchev–Trinajstić information content (AvgIpc) is 3.25.